The highest BCUT2D eigenvalue weighted by molar-refractivity contribution is 5.79. The Bertz CT molecular complexity index is 617. The zero-order valence-corrected chi connectivity index (χ0v) is 13.6. The van der Waals surface area contributed by atoms with Crippen LogP contribution in [0.4, 0.5) is 0 Å². The molecule has 0 saturated carbocycles. The van der Waals surface area contributed by atoms with Gasteiger partial charge < -0.3 is 10.6 Å². The lowest BCUT2D eigenvalue weighted by molar-refractivity contribution is 0.796. The van der Waals surface area contributed by atoms with Gasteiger partial charge in [0, 0.05) is 12.2 Å². The van der Waals surface area contributed by atoms with Gasteiger partial charge in [-0.05, 0) is 38.5 Å². The van der Waals surface area contributed by atoms with Crippen LogP contribution in [-0.4, -0.2) is 17.5 Å². The van der Waals surface area contributed by atoms with Gasteiger partial charge in [0.2, 0.25) is 0 Å². The minimum absolute atomic E-state index is 0.664. The molecule has 0 fully saturated rings. The van der Waals surface area contributed by atoms with E-state index in [2.05, 4.69) is 58.7 Å². The lowest BCUT2D eigenvalue weighted by atomic mass is 10.1. The van der Waals surface area contributed by atoms with Crippen LogP contribution in [-0.2, 0) is 13.1 Å². The van der Waals surface area contributed by atoms with E-state index >= 15 is 0 Å². The molecule has 2 rings (SSSR count). The number of guanidine groups is 1. The average molecular weight is 296 g/mol. The van der Waals surface area contributed by atoms with Gasteiger partial charge in [0.05, 0.1) is 18.8 Å². The Hall–Kier alpha value is -2.36. The molecule has 1 heterocycles. The Kier molecular flexibility index (Phi) is 5.95. The maximum atomic E-state index is 4.62. The standard InChI is InChI=1S/C18H24N4/c1-4-19-18(20-12-16-10-8-14(2)9-11-16)21-13-17-7-5-6-15(3)22-17/h5-11H,4,12-13H2,1-3H3,(H2,19,20,21). The van der Waals surface area contributed by atoms with E-state index in [-0.39, 0.29) is 0 Å². The molecular weight excluding hydrogens is 272 g/mol. The second-order valence-electron chi connectivity index (χ2n) is 5.30. The van der Waals surface area contributed by atoms with E-state index in [1.165, 1.54) is 11.1 Å². The van der Waals surface area contributed by atoms with Crippen molar-refractivity contribution >= 4 is 5.96 Å². The SMILES string of the molecule is CCNC(=NCc1ccc(C)cc1)NCc1cccc(C)n1. The fourth-order valence-corrected chi connectivity index (χ4v) is 2.08. The van der Waals surface area contributed by atoms with Gasteiger partial charge in [0.25, 0.3) is 0 Å². The monoisotopic (exact) mass is 296 g/mol. The summed E-state index contributed by atoms with van der Waals surface area (Å²) in [6.07, 6.45) is 0. The first-order chi connectivity index (χ1) is 10.7. The number of benzene rings is 1. The number of pyridine rings is 1. The number of aromatic nitrogens is 1. The number of aryl methyl sites for hydroxylation is 2. The number of hydrogen-bond donors (Lipinski definition) is 2. The fourth-order valence-electron chi connectivity index (χ4n) is 2.08. The maximum Gasteiger partial charge on any atom is 0.191 e. The largest absolute Gasteiger partial charge is 0.357 e. The molecule has 0 aliphatic carbocycles. The maximum absolute atomic E-state index is 4.62. The van der Waals surface area contributed by atoms with E-state index in [4.69, 9.17) is 0 Å². The molecule has 1 aromatic carbocycles. The third-order valence-corrected chi connectivity index (χ3v) is 3.27. The third kappa shape index (κ3) is 5.20. The van der Waals surface area contributed by atoms with Gasteiger partial charge in [-0.1, -0.05) is 35.9 Å². The smallest absolute Gasteiger partial charge is 0.191 e. The molecular formula is C18H24N4. The fraction of sp³-hybridized carbons (Fsp3) is 0.333. The van der Waals surface area contributed by atoms with Crippen molar-refractivity contribution in [3.8, 4) is 0 Å². The summed E-state index contributed by atoms with van der Waals surface area (Å²) in [6.45, 7) is 8.32. The molecule has 4 heteroatoms. The summed E-state index contributed by atoms with van der Waals surface area (Å²) in [7, 11) is 0. The second kappa shape index (κ2) is 8.17. The molecule has 4 nitrogen and oxygen atoms in total. The molecule has 116 valence electrons. The summed E-state index contributed by atoms with van der Waals surface area (Å²) in [5.41, 5.74) is 4.52. The number of nitrogens with one attached hydrogen (secondary N) is 2. The summed E-state index contributed by atoms with van der Waals surface area (Å²) in [4.78, 5) is 9.11. The van der Waals surface area contributed by atoms with E-state index in [9.17, 15) is 0 Å². The molecule has 22 heavy (non-hydrogen) atoms. The van der Waals surface area contributed by atoms with Crippen LogP contribution in [0, 0.1) is 13.8 Å². The molecule has 0 saturated heterocycles. The van der Waals surface area contributed by atoms with Gasteiger partial charge in [-0.2, -0.15) is 0 Å². The highest BCUT2D eigenvalue weighted by Crippen LogP contribution is 2.04. The van der Waals surface area contributed by atoms with Crippen molar-refractivity contribution in [3.05, 3.63) is 65.0 Å². The Balaban J connectivity index is 1.96. The lowest BCUT2D eigenvalue weighted by Gasteiger charge is -2.11. The van der Waals surface area contributed by atoms with Crippen LogP contribution >= 0.6 is 0 Å². The Morgan fingerprint density at radius 1 is 1.05 bits per heavy atom. The second-order valence-corrected chi connectivity index (χ2v) is 5.30. The highest BCUT2D eigenvalue weighted by atomic mass is 15.2. The quantitative estimate of drug-likeness (QED) is 0.659. The normalized spacial score (nSPS) is 11.3. The van der Waals surface area contributed by atoms with Crippen molar-refractivity contribution in [2.45, 2.75) is 33.9 Å². The zero-order chi connectivity index (χ0) is 15.8. The van der Waals surface area contributed by atoms with Crippen LogP contribution in [0.15, 0.2) is 47.5 Å². The van der Waals surface area contributed by atoms with Crippen LogP contribution in [0.1, 0.15) is 29.4 Å². The molecule has 0 spiro atoms. The van der Waals surface area contributed by atoms with E-state index < -0.39 is 0 Å². The highest BCUT2D eigenvalue weighted by Gasteiger charge is 2.00. The number of aliphatic imine (C=N–C) groups is 1. The van der Waals surface area contributed by atoms with Crippen molar-refractivity contribution in [2.75, 3.05) is 6.54 Å². The summed E-state index contributed by atoms with van der Waals surface area (Å²) in [5, 5.41) is 6.58. The molecule has 0 aliphatic rings. The van der Waals surface area contributed by atoms with Crippen LogP contribution in [0.2, 0.25) is 0 Å². The van der Waals surface area contributed by atoms with E-state index in [0.29, 0.717) is 13.1 Å². The average Bonchev–Trinajstić information content (AvgIpc) is 2.52. The summed E-state index contributed by atoms with van der Waals surface area (Å²) in [6, 6.07) is 14.5. The molecule has 2 aromatic rings. The van der Waals surface area contributed by atoms with Crippen molar-refractivity contribution < 1.29 is 0 Å². The number of nitrogens with zero attached hydrogens (tertiary/aromatic N) is 2. The first kappa shape index (κ1) is 16.0. The van der Waals surface area contributed by atoms with Crippen LogP contribution in [0.25, 0.3) is 0 Å². The number of rotatable bonds is 5. The Labute approximate surface area is 132 Å². The minimum atomic E-state index is 0.664. The summed E-state index contributed by atoms with van der Waals surface area (Å²) < 4.78 is 0. The van der Waals surface area contributed by atoms with Crippen molar-refractivity contribution in [2.24, 2.45) is 4.99 Å². The Morgan fingerprint density at radius 3 is 2.50 bits per heavy atom. The van der Waals surface area contributed by atoms with E-state index in [1.54, 1.807) is 0 Å². The molecule has 0 unspecified atom stereocenters. The van der Waals surface area contributed by atoms with Crippen LogP contribution in [0.5, 0.6) is 0 Å². The van der Waals surface area contributed by atoms with Gasteiger partial charge in [0.1, 0.15) is 0 Å². The van der Waals surface area contributed by atoms with Crippen molar-refractivity contribution in [1.82, 2.24) is 15.6 Å². The molecule has 0 atom stereocenters. The minimum Gasteiger partial charge on any atom is -0.357 e. The molecule has 2 N–H and O–H groups in total. The predicted octanol–water partition coefficient (Wildman–Crippen LogP) is 2.95. The van der Waals surface area contributed by atoms with Crippen molar-refractivity contribution in [3.63, 3.8) is 0 Å². The van der Waals surface area contributed by atoms with Gasteiger partial charge in [0.15, 0.2) is 5.96 Å². The summed E-state index contributed by atoms with van der Waals surface area (Å²) >= 11 is 0. The van der Waals surface area contributed by atoms with Gasteiger partial charge in [-0.15, -0.1) is 0 Å². The van der Waals surface area contributed by atoms with Crippen LogP contribution in [0.3, 0.4) is 0 Å². The van der Waals surface area contributed by atoms with Gasteiger partial charge >= 0.3 is 0 Å². The Morgan fingerprint density at radius 2 is 1.82 bits per heavy atom. The van der Waals surface area contributed by atoms with Crippen molar-refractivity contribution in [1.29, 1.82) is 0 Å². The van der Waals surface area contributed by atoms with Gasteiger partial charge in [-0.25, -0.2) is 4.99 Å². The topological polar surface area (TPSA) is 49.3 Å². The molecule has 0 aliphatic heterocycles. The molecule has 0 radical (unpaired) electrons. The van der Waals surface area contributed by atoms with Crippen LogP contribution < -0.4 is 10.6 Å². The lowest BCUT2D eigenvalue weighted by Crippen LogP contribution is -2.37. The zero-order valence-electron chi connectivity index (χ0n) is 13.6. The third-order valence-electron chi connectivity index (χ3n) is 3.27. The molecule has 0 amide bonds. The first-order valence-corrected chi connectivity index (χ1v) is 7.67. The summed E-state index contributed by atoms with van der Waals surface area (Å²) in [5.74, 6) is 0.811. The van der Waals surface area contributed by atoms with Gasteiger partial charge in [-0.3, -0.25) is 4.98 Å². The molecule has 1 aromatic heterocycles. The predicted molar refractivity (Wildman–Crippen MR) is 91.8 cm³/mol. The van der Waals surface area contributed by atoms with E-state index in [1.807, 2.05) is 25.1 Å². The first-order valence-electron chi connectivity index (χ1n) is 7.67. The molecule has 0 bridgehead atoms. The van der Waals surface area contributed by atoms with E-state index in [0.717, 1.165) is 23.9 Å². The number of hydrogen-bond acceptors (Lipinski definition) is 2.